The molecule has 0 spiro atoms. The van der Waals surface area contributed by atoms with Crippen LogP contribution in [0.15, 0.2) is 18.2 Å². The van der Waals surface area contributed by atoms with Crippen LogP contribution in [0, 0.1) is 5.92 Å². The Hall–Kier alpha value is -0.880. The van der Waals surface area contributed by atoms with Gasteiger partial charge in [0.1, 0.15) is 5.01 Å². The van der Waals surface area contributed by atoms with Gasteiger partial charge in [-0.1, -0.05) is 25.4 Å². The van der Waals surface area contributed by atoms with E-state index >= 15 is 0 Å². The lowest BCUT2D eigenvalue weighted by atomic mass is 10.0. The van der Waals surface area contributed by atoms with Gasteiger partial charge in [-0.3, -0.25) is 4.79 Å². The number of benzene rings is 1. The Morgan fingerprint density at radius 2 is 2.05 bits per heavy atom. The summed E-state index contributed by atoms with van der Waals surface area (Å²) >= 11 is 7.50. The summed E-state index contributed by atoms with van der Waals surface area (Å²) in [6, 6.07) is 4.94. The van der Waals surface area contributed by atoms with Crippen molar-refractivity contribution in [2.24, 2.45) is 11.7 Å². The highest BCUT2D eigenvalue weighted by Gasteiger charge is 2.21. The van der Waals surface area contributed by atoms with Gasteiger partial charge < -0.3 is 11.1 Å². The molecule has 1 heterocycles. The molecule has 1 unspecified atom stereocenters. The van der Waals surface area contributed by atoms with Gasteiger partial charge in [0.2, 0.25) is 5.91 Å². The zero-order valence-corrected chi connectivity index (χ0v) is 14.5. The Labute approximate surface area is 139 Å². The van der Waals surface area contributed by atoms with Gasteiger partial charge in [0.15, 0.2) is 0 Å². The van der Waals surface area contributed by atoms with Crippen LogP contribution < -0.4 is 11.1 Å². The van der Waals surface area contributed by atoms with E-state index in [4.69, 9.17) is 17.3 Å². The van der Waals surface area contributed by atoms with E-state index in [1.165, 1.54) is 0 Å². The molecular weight excluding hydrogens is 329 g/mol. The summed E-state index contributed by atoms with van der Waals surface area (Å²) in [7, 11) is 0. The van der Waals surface area contributed by atoms with E-state index in [0.29, 0.717) is 5.02 Å². The molecule has 2 aromatic rings. The molecule has 0 fully saturated rings. The van der Waals surface area contributed by atoms with Crippen molar-refractivity contribution in [3.63, 3.8) is 0 Å². The van der Waals surface area contributed by atoms with Gasteiger partial charge in [-0.2, -0.15) is 0 Å². The summed E-state index contributed by atoms with van der Waals surface area (Å²) in [5.74, 6) is -0.0406. The zero-order chi connectivity index (χ0) is 14.9. The highest BCUT2D eigenvalue weighted by atomic mass is 35.5. The van der Waals surface area contributed by atoms with Crippen LogP contribution >= 0.6 is 35.3 Å². The molecule has 4 nitrogen and oxygen atoms in total. The maximum Gasteiger partial charge on any atom is 0.237 e. The first kappa shape index (κ1) is 18.2. The number of nitrogens with zero attached hydrogens (tertiary/aromatic N) is 1. The number of aromatic nitrogens is 1. The fraction of sp³-hybridized carbons (Fsp3) is 0.429. The quantitative estimate of drug-likeness (QED) is 0.888. The molecule has 0 bridgehead atoms. The molecule has 0 aliphatic carbocycles. The Kier molecular flexibility index (Phi) is 6.41. The summed E-state index contributed by atoms with van der Waals surface area (Å²) in [4.78, 5) is 16.5. The first-order valence-electron chi connectivity index (χ1n) is 6.50. The van der Waals surface area contributed by atoms with Crippen molar-refractivity contribution in [1.82, 2.24) is 10.3 Å². The lowest BCUT2D eigenvalue weighted by Crippen LogP contribution is -2.44. The SMILES string of the molecule is CC(NC(=O)[C@@H](N)C(C)C)c1nc2cc(Cl)ccc2s1.Cl. The van der Waals surface area contributed by atoms with Crippen molar-refractivity contribution in [2.75, 3.05) is 0 Å². The fourth-order valence-electron chi connectivity index (χ4n) is 1.78. The van der Waals surface area contributed by atoms with E-state index in [0.717, 1.165) is 15.2 Å². The van der Waals surface area contributed by atoms with Crippen molar-refractivity contribution in [1.29, 1.82) is 0 Å². The van der Waals surface area contributed by atoms with Crippen molar-refractivity contribution >= 4 is 51.5 Å². The second-order valence-electron chi connectivity index (χ2n) is 5.16. The number of rotatable bonds is 4. The van der Waals surface area contributed by atoms with Gasteiger partial charge in [0, 0.05) is 5.02 Å². The van der Waals surface area contributed by atoms with Gasteiger partial charge >= 0.3 is 0 Å². The molecule has 0 saturated carbocycles. The molecule has 2 atom stereocenters. The van der Waals surface area contributed by atoms with E-state index in [1.807, 2.05) is 39.0 Å². The van der Waals surface area contributed by atoms with Crippen LogP contribution in [-0.4, -0.2) is 16.9 Å². The van der Waals surface area contributed by atoms with Gasteiger partial charge in [-0.05, 0) is 31.0 Å². The predicted molar refractivity (Wildman–Crippen MR) is 91.2 cm³/mol. The smallest absolute Gasteiger partial charge is 0.237 e. The van der Waals surface area contributed by atoms with Gasteiger partial charge in [0.05, 0.1) is 22.3 Å². The molecule has 116 valence electrons. The molecule has 21 heavy (non-hydrogen) atoms. The summed E-state index contributed by atoms with van der Waals surface area (Å²) in [6.07, 6.45) is 0. The van der Waals surface area contributed by atoms with Crippen LogP contribution in [0.3, 0.4) is 0 Å². The number of thiazole rings is 1. The van der Waals surface area contributed by atoms with E-state index < -0.39 is 6.04 Å². The van der Waals surface area contributed by atoms with E-state index in [1.54, 1.807) is 11.3 Å². The highest BCUT2D eigenvalue weighted by molar-refractivity contribution is 7.18. The van der Waals surface area contributed by atoms with Crippen molar-refractivity contribution in [2.45, 2.75) is 32.9 Å². The lowest BCUT2D eigenvalue weighted by molar-refractivity contribution is -0.123. The molecule has 7 heteroatoms. The minimum absolute atomic E-state index is 0. The molecule has 1 aromatic carbocycles. The first-order chi connectivity index (χ1) is 9.38. The molecule has 3 N–H and O–H groups in total. The predicted octanol–water partition coefficient (Wildman–Crippen LogP) is 3.53. The van der Waals surface area contributed by atoms with Crippen molar-refractivity contribution in [3.8, 4) is 0 Å². The van der Waals surface area contributed by atoms with Gasteiger partial charge in [-0.25, -0.2) is 4.98 Å². The number of hydrogen-bond donors (Lipinski definition) is 2. The third kappa shape index (κ3) is 4.30. The fourth-order valence-corrected chi connectivity index (χ4v) is 2.89. The molecular formula is C14H19Cl2N3OS. The van der Waals surface area contributed by atoms with Crippen LogP contribution in [0.25, 0.3) is 10.2 Å². The molecule has 1 amide bonds. The average Bonchev–Trinajstić information content (AvgIpc) is 2.80. The Bertz CT molecular complexity index is 630. The Morgan fingerprint density at radius 3 is 2.67 bits per heavy atom. The van der Waals surface area contributed by atoms with E-state index in [2.05, 4.69) is 10.3 Å². The average molecular weight is 348 g/mol. The molecule has 1 aromatic heterocycles. The zero-order valence-electron chi connectivity index (χ0n) is 12.1. The number of halogens is 2. The molecule has 2 rings (SSSR count). The molecule has 0 radical (unpaired) electrons. The summed E-state index contributed by atoms with van der Waals surface area (Å²) in [5.41, 5.74) is 6.69. The minimum atomic E-state index is -0.499. The highest BCUT2D eigenvalue weighted by Crippen LogP contribution is 2.28. The second kappa shape index (κ2) is 7.40. The number of amides is 1. The normalized spacial score (nSPS) is 13.8. The summed E-state index contributed by atoms with van der Waals surface area (Å²) < 4.78 is 1.05. The first-order valence-corrected chi connectivity index (χ1v) is 7.70. The third-order valence-electron chi connectivity index (χ3n) is 3.12. The van der Waals surface area contributed by atoms with Crippen LogP contribution in [-0.2, 0) is 4.79 Å². The number of nitrogens with one attached hydrogen (secondary N) is 1. The van der Waals surface area contributed by atoms with Gasteiger partial charge in [-0.15, -0.1) is 23.7 Å². The topological polar surface area (TPSA) is 68.0 Å². The number of carbonyl (C=O) groups is 1. The maximum absolute atomic E-state index is 12.0. The van der Waals surface area contributed by atoms with Crippen LogP contribution in [0.5, 0.6) is 0 Å². The lowest BCUT2D eigenvalue weighted by Gasteiger charge is -2.18. The third-order valence-corrected chi connectivity index (χ3v) is 4.57. The minimum Gasteiger partial charge on any atom is -0.346 e. The number of hydrogen-bond acceptors (Lipinski definition) is 4. The Balaban J connectivity index is 0.00000220. The second-order valence-corrected chi connectivity index (χ2v) is 6.66. The molecule has 0 aliphatic rings. The largest absolute Gasteiger partial charge is 0.346 e. The van der Waals surface area contributed by atoms with E-state index in [-0.39, 0.29) is 30.3 Å². The monoisotopic (exact) mass is 347 g/mol. The van der Waals surface area contributed by atoms with Crippen molar-refractivity contribution in [3.05, 3.63) is 28.2 Å². The van der Waals surface area contributed by atoms with Gasteiger partial charge in [0.25, 0.3) is 0 Å². The Morgan fingerprint density at radius 1 is 1.38 bits per heavy atom. The van der Waals surface area contributed by atoms with E-state index in [9.17, 15) is 4.79 Å². The van der Waals surface area contributed by atoms with Crippen LogP contribution in [0.1, 0.15) is 31.8 Å². The van der Waals surface area contributed by atoms with Crippen molar-refractivity contribution < 1.29 is 4.79 Å². The van der Waals surface area contributed by atoms with Crippen LogP contribution in [0.2, 0.25) is 5.02 Å². The number of nitrogens with two attached hydrogens (primary N) is 1. The standard InChI is InChI=1S/C14H18ClN3OS.ClH/c1-7(2)12(16)13(19)17-8(3)14-18-10-6-9(15)4-5-11(10)20-14;/h4-8,12H,16H2,1-3H3,(H,17,19);1H/t8?,12-;/m0./s1. The number of carbonyl (C=O) groups excluding carboxylic acids is 1. The summed E-state index contributed by atoms with van der Waals surface area (Å²) in [5, 5.41) is 4.42. The summed E-state index contributed by atoms with van der Waals surface area (Å²) in [6.45, 7) is 5.76. The molecule has 0 aliphatic heterocycles. The maximum atomic E-state index is 12.0. The molecule has 0 saturated heterocycles. The number of fused-ring (bicyclic) bond motifs is 1. The van der Waals surface area contributed by atoms with Crippen LogP contribution in [0.4, 0.5) is 0 Å².